The number of hydrogen-bond acceptors (Lipinski definition) is 5. The lowest BCUT2D eigenvalue weighted by atomic mass is 10.2. The molecular formula is C13H12O6. The Morgan fingerprint density at radius 2 is 2.05 bits per heavy atom. The van der Waals surface area contributed by atoms with Crippen molar-refractivity contribution in [2.24, 2.45) is 0 Å². The Labute approximate surface area is 108 Å². The van der Waals surface area contributed by atoms with E-state index in [1.807, 2.05) is 0 Å². The highest BCUT2D eigenvalue weighted by Gasteiger charge is 2.12. The van der Waals surface area contributed by atoms with E-state index in [1.165, 1.54) is 19.2 Å². The molecule has 2 N–H and O–H groups in total. The van der Waals surface area contributed by atoms with Gasteiger partial charge in [0, 0.05) is 6.07 Å². The molecule has 6 nitrogen and oxygen atoms in total. The molecule has 1 aromatic carbocycles. The van der Waals surface area contributed by atoms with Gasteiger partial charge in [-0.2, -0.15) is 0 Å². The Bertz CT molecular complexity index is 587. The predicted octanol–water partition coefficient (Wildman–Crippen LogP) is 2.27. The Morgan fingerprint density at radius 3 is 2.63 bits per heavy atom. The quantitative estimate of drug-likeness (QED) is 0.861. The first-order valence-electron chi connectivity index (χ1n) is 5.43. The van der Waals surface area contributed by atoms with Crippen molar-refractivity contribution in [3.8, 4) is 17.4 Å². The van der Waals surface area contributed by atoms with Crippen molar-refractivity contribution < 1.29 is 28.9 Å². The lowest BCUT2D eigenvalue weighted by Gasteiger charge is -2.09. The van der Waals surface area contributed by atoms with Gasteiger partial charge in [-0.25, -0.2) is 4.79 Å². The number of carbonyl (C=O) groups is 1. The van der Waals surface area contributed by atoms with E-state index in [1.54, 1.807) is 18.2 Å². The number of carboxylic acids is 1. The van der Waals surface area contributed by atoms with Crippen LogP contribution in [0, 0.1) is 0 Å². The van der Waals surface area contributed by atoms with E-state index in [-0.39, 0.29) is 18.3 Å². The van der Waals surface area contributed by atoms with Crippen molar-refractivity contribution in [2.75, 3.05) is 7.11 Å². The zero-order chi connectivity index (χ0) is 13.8. The fourth-order valence-corrected chi connectivity index (χ4v) is 1.49. The molecule has 1 heterocycles. The van der Waals surface area contributed by atoms with Crippen LogP contribution in [0.5, 0.6) is 17.4 Å². The third-order valence-corrected chi connectivity index (χ3v) is 2.41. The second-order valence-corrected chi connectivity index (χ2v) is 3.67. The highest BCUT2D eigenvalue weighted by molar-refractivity contribution is 5.84. The van der Waals surface area contributed by atoms with Gasteiger partial charge in [0.05, 0.1) is 13.7 Å². The Kier molecular flexibility index (Phi) is 3.72. The third-order valence-electron chi connectivity index (χ3n) is 2.41. The van der Waals surface area contributed by atoms with Crippen molar-refractivity contribution in [3.05, 3.63) is 41.7 Å². The van der Waals surface area contributed by atoms with Crippen LogP contribution in [0.1, 0.15) is 16.1 Å². The van der Waals surface area contributed by atoms with Crippen LogP contribution in [-0.4, -0.2) is 23.3 Å². The van der Waals surface area contributed by atoms with Gasteiger partial charge in [-0.3, -0.25) is 0 Å². The van der Waals surface area contributed by atoms with Gasteiger partial charge in [-0.15, -0.1) is 0 Å². The molecule has 0 radical (unpaired) electrons. The summed E-state index contributed by atoms with van der Waals surface area (Å²) in [6, 6.07) is 7.59. The molecule has 0 aliphatic carbocycles. The number of aliphatic hydroxyl groups excluding tert-OH is 1. The molecule has 100 valence electrons. The lowest BCUT2D eigenvalue weighted by Crippen LogP contribution is -1.93. The fourth-order valence-electron chi connectivity index (χ4n) is 1.49. The van der Waals surface area contributed by atoms with E-state index in [0.29, 0.717) is 17.1 Å². The summed E-state index contributed by atoms with van der Waals surface area (Å²) < 4.78 is 15.5. The zero-order valence-corrected chi connectivity index (χ0v) is 10.1. The molecular weight excluding hydrogens is 252 g/mol. The molecule has 0 spiro atoms. The van der Waals surface area contributed by atoms with E-state index in [9.17, 15) is 4.79 Å². The Morgan fingerprint density at radius 1 is 1.26 bits per heavy atom. The minimum absolute atomic E-state index is 0.0486. The van der Waals surface area contributed by atoms with Gasteiger partial charge in [0.25, 0.3) is 5.95 Å². The van der Waals surface area contributed by atoms with E-state index in [2.05, 4.69) is 0 Å². The summed E-state index contributed by atoms with van der Waals surface area (Å²) in [6.45, 7) is -0.111. The van der Waals surface area contributed by atoms with Crippen LogP contribution in [0.25, 0.3) is 0 Å². The summed E-state index contributed by atoms with van der Waals surface area (Å²) in [6.07, 6.45) is 0. The molecule has 0 saturated carbocycles. The largest absolute Gasteiger partial charge is 0.493 e. The van der Waals surface area contributed by atoms with Gasteiger partial charge in [-0.05, 0) is 23.8 Å². The van der Waals surface area contributed by atoms with Gasteiger partial charge in [0.2, 0.25) is 5.76 Å². The van der Waals surface area contributed by atoms with Crippen molar-refractivity contribution >= 4 is 5.97 Å². The first kappa shape index (κ1) is 13.0. The molecule has 0 unspecified atom stereocenters. The van der Waals surface area contributed by atoms with Gasteiger partial charge < -0.3 is 24.1 Å². The average molecular weight is 264 g/mol. The van der Waals surface area contributed by atoms with Gasteiger partial charge in [0.15, 0.2) is 11.5 Å². The van der Waals surface area contributed by atoms with Crippen LogP contribution in [0.4, 0.5) is 0 Å². The van der Waals surface area contributed by atoms with Gasteiger partial charge in [0.1, 0.15) is 0 Å². The van der Waals surface area contributed by atoms with Gasteiger partial charge >= 0.3 is 5.97 Å². The summed E-state index contributed by atoms with van der Waals surface area (Å²) in [5.74, 6) is -0.545. The summed E-state index contributed by atoms with van der Waals surface area (Å²) in [4.78, 5) is 10.7. The van der Waals surface area contributed by atoms with Crippen molar-refractivity contribution in [1.82, 2.24) is 0 Å². The van der Waals surface area contributed by atoms with Crippen molar-refractivity contribution in [3.63, 3.8) is 0 Å². The van der Waals surface area contributed by atoms with Crippen LogP contribution >= 0.6 is 0 Å². The van der Waals surface area contributed by atoms with E-state index in [0.717, 1.165) is 0 Å². The summed E-state index contributed by atoms with van der Waals surface area (Å²) in [5, 5.41) is 17.8. The summed E-state index contributed by atoms with van der Waals surface area (Å²) >= 11 is 0. The molecule has 2 aromatic rings. The fraction of sp³-hybridized carbons (Fsp3) is 0.154. The number of hydrogen-bond donors (Lipinski definition) is 2. The van der Waals surface area contributed by atoms with Crippen molar-refractivity contribution in [2.45, 2.75) is 6.61 Å². The Balaban J connectivity index is 2.24. The first-order chi connectivity index (χ1) is 9.13. The van der Waals surface area contributed by atoms with Gasteiger partial charge in [-0.1, -0.05) is 6.07 Å². The second kappa shape index (κ2) is 5.45. The van der Waals surface area contributed by atoms with Crippen LogP contribution in [0.2, 0.25) is 0 Å². The number of furan rings is 1. The van der Waals surface area contributed by atoms with Crippen LogP contribution in [0.3, 0.4) is 0 Å². The summed E-state index contributed by atoms with van der Waals surface area (Å²) in [5.41, 5.74) is 0.676. The standard InChI is InChI=1S/C13H12O6/c1-17-11-6-8(7-14)2-3-9(11)18-12-5-4-10(19-12)13(15)16/h2-6,14H,7H2,1H3,(H,15,16). The van der Waals surface area contributed by atoms with Crippen molar-refractivity contribution in [1.29, 1.82) is 0 Å². The molecule has 0 fully saturated rings. The molecule has 0 bridgehead atoms. The normalized spacial score (nSPS) is 10.2. The molecule has 0 saturated heterocycles. The molecule has 6 heteroatoms. The predicted molar refractivity (Wildman–Crippen MR) is 64.7 cm³/mol. The monoisotopic (exact) mass is 264 g/mol. The molecule has 2 rings (SSSR count). The number of aromatic carboxylic acids is 1. The molecule has 1 aromatic heterocycles. The zero-order valence-electron chi connectivity index (χ0n) is 10.1. The third kappa shape index (κ3) is 2.86. The number of ether oxygens (including phenoxy) is 2. The maximum absolute atomic E-state index is 10.7. The number of benzene rings is 1. The van der Waals surface area contributed by atoms with Crippen LogP contribution in [-0.2, 0) is 6.61 Å². The Hall–Kier alpha value is -2.47. The molecule has 0 amide bonds. The number of rotatable bonds is 5. The molecule has 0 aliphatic heterocycles. The maximum atomic E-state index is 10.7. The second-order valence-electron chi connectivity index (χ2n) is 3.67. The van der Waals surface area contributed by atoms with E-state index in [4.69, 9.17) is 24.1 Å². The molecule has 19 heavy (non-hydrogen) atoms. The minimum atomic E-state index is -1.17. The van der Waals surface area contributed by atoms with Crippen LogP contribution in [0.15, 0.2) is 34.7 Å². The molecule has 0 aliphatic rings. The number of methoxy groups -OCH3 is 1. The minimum Gasteiger partial charge on any atom is -0.493 e. The summed E-state index contributed by atoms with van der Waals surface area (Å²) in [7, 11) is 1.47. The highest BCUT2D eigenvalue weighted by Crippen LogP contribution is 2.33. The number of carboxylic acid groups (broad SMARTS) is 1. The SMILES string of the molecule is COc1cc(CO)ccc1Oc1ccc(C(=O)O)o1. The van der Waals surface area contributed by atoms with E-state index >= 15 is 0 Å². The van der Waals surface area contributed by atoms with E-state index < -0.39 is 5.97 Å². The average Bonchev–Trinajstić information content (AvgIpc) is 2.88. The topological polar surface area (TPSA) is 89.1 Å². The van der Waals surface area contributed by atoms with Crippen LogP contribution < -0.4 is 9.47 Å². The first-order valence-corrected chi connectivity index (χ1v) is 5.43. The molecule has 0 atom stereocenters. The number of aliphatic hydroxyl groups is 1. The maximum Gasteiger partial charge on any atom is 0.371 e. The smallest absolute Gasteiger partial charge is 0.371 e. The highest BCUT2D eigenvalue weighted by atomic mass is 16.6. The lowest BCUT2D eigenvalue weighted by molar-refractivity contribution is 0.0657.